The Kier molecular flexibility index (Phi) is 4.19. The van der Waals surface area contributed by atoms with Crippen LogP contribution in [0.2, 0.25) is 0 Å². The molecule has 0 unspecified atom stereocenters. The average Bonchev–Trinajstić information content (AvgIpc) is 2.82. The maximum absolute atomic E-state index is 11.8. The molecule has 2 rings (SSSR count). The zero-order valence-electron chi connectivity index (χ0n) is 11.0. The Morgan fingerprint density at radius 1 is 1.42 bits per heavy atom. The molecule has 0 saturated heterocycles. The number of unbranched alkanes of at least 4 members (excludes halogenated alkanes) is 1. The molecule has 1 heterocycles. The van der Waals surface area contributed by atoms with Crippen LogP contribution in [0.25, 0.3) is 10.9 Å². The van der Waals surface area contributed by atoms with Gasteiger partial charge in [-0.1, -0.05) is 19.4 Å². The van der Waals surface area contributed by atoms with E-state index in [9.17, 15) is 4.79 Å². The second kappa shape index (κ2) is 6.05. The number of nitrogens with one attached hydrogen (secondary N) is 1. The van der Waals surface area contributed by atoms with Gasteiger partial charge in [-0.2, -0.15) is 5.26 Å². The molecule has 0 fully saturated rings. The molecule has 1 aromatic heterocycles. The number of carbonyl (C=O) groups is 1. The summed E-state index contributed by atoms with van der Waals surface area (Å²) in [5, 5.41) is 12.8. The first kappa shape index (κ1) is 13.2. The van der Waals surface area contributed by atoms with Gasteiger partial charge in [0.15, 0.2) is 0 Å². The van der Waals surface area contributed by atoms with Crippen LogP contribution in [-0.4, -0.2) is 17.0 Å². The van der Waals surface area contributed by atoms with E-state index in [1.165, 1.54) is 0 Å². The molecule has 0 aliphatic heterocycles. The van der Waals surface area contributed by atoms with Crippen molar-refractivity contribution in [3.05, 3.63) is 36.0 Å². The third kappa shape index (κ3) is 2.94. The average molecular weight is 255 g/mol. The van der Waals surface area contributed by atoms with Gasteiger partial charge in [0, 0.05) is 23.6 Å². The number of nitriles is 1. The number of amides is 1. The smallest absolute Gasteiger partial charge is 0.239 e. The van der Waals surface area contributed by atoms with Gasteiger partial charge in [0.05, 0.1) is 11.6 Å². The number of hydrogen-bond donors (Lipinski definition) is 1. The molecule has 2 aromatic rings. The van der Waals surface area contributed by atoms with E-state index in [0.717, 1.165) is 30.3 Å². The number of fused-ring (bicyclic) bond motifs is 1. The second-order valence-corrected chi connectivity index (χ2v) is 4.50. The predicted octanol–water partition coefficient (Wildman–Crippen LogP) is 2.43. The number of nitrogens with zero attached hydrogens (tertiary/aromatic N) is 2. The summed E-state index contributed by atoms with van der Waals surface area (Å²) in [6.45, 7) is 3.11. The van der Waals surface area contributed by atoms with Crippen LogP contribution in [0.4, 0.5) is 0 Å². The molecule has 0 saturated carbocycles. The van der Waals surface area contributed by atoms with E-state index >= 15 is 0 Å². The zero-order chi connectivity index (χ0) is 13.7. The Balaban J connectivity index is 2.14. The van der Waals surface area contributed by atoms with Crippen molar-refractivity contribution in [3.8, 4) is 6.07 Å². The van der Waals surface area contributed by atoms with Crippen LogP contribution in [0.1, 0.15) is 25.3 Å². The summed E-state index contributed by atoms with van der Waals surface area (Å²) in [5.74, 6) is 0.00770. The fraction of sp³-hybridized carbons (Fsp3) is 0.333. The summed E-state index contributed by atoms with van der Waals surface area (Å²) in [6, 6.07) is 9.60. The third-order valence-corrected chi connectivity index (χ3v) is 3.10. The SMILES string of the molecule is CCCCNC(=O)Cn1ccc2c(C#N)cccc21. The molecular formula is C15H17N3O. The molecule has 0 atom stereocenters. The van der Waals surface area contributed by atoms with E-state index < -0.39 is 0 Å². The van der Waals surface area contributed by atoms with Crippen molar-refractivity contribution in [3.63, 3.8) is 0 Å². The van der Waals surface area contributed by atoms with Crippen molar-refractivity contribution >= 4 is 16.8 Å². The van der Waals surface area contributed by atoms with Gasteiger partial charge >= 0.3 is 0 Å². The molecule has 0 radical (unpaired) electrons. The normalized spacial score (nSPS) is 10.3. The lowest BCUT2D eigenvalue weighted by Crippen LogP contribution is -2.28. The van der Waals surface area contributed by atoms with Crippen LogP contribution >= 0.6 is 0 Å². The number of aromatic nitrogens is 1. The van der Waals surface area contributed by atoms with Gasteiger partial charge in [-0.3, -0.25) is 4.79 Å². The Morgan fingerprint density at radius 2 is 2.26 bits per heavy atom. The van der Waals surface area contributed by atoms with E-state index in [1.807, 2.05) is 29.0 Å². The lowest BCUT2D eigenvalue weighted by Gasteiger charge is -2.07. The molecule has 0 bridgehead atoms. The number of benzene rings is 1. The van der Waals surface area contributed by atoms with Crippen molar-refractivity contribution in [2.75, 3.05) is 6.54 Å². The van der Waals surface area contributed by atoms with Crippen molar-refractivity contribution in [2.45, 2.75) is 26.3 Å². The molecule has 1 aromatic carbocycles. The molecule has 98 valence electrons. The summed E-state index contributed by atoms with van der Waals surface area (Å²) in [5.41, 5.74) is 1.56. The Morgan fingerprint density at radius 3 is 3.00 bits per heavy atom. The van der Waals surface area contributed by atoms with Crippen molar-refractivity contribution in [2.24, 2.45) is 0 Å². The Labute approximate surface area is 112 Å². The number of carbonyl (C=O) groups excluding carboxylic acids is 1. The highest BCUT2D eigenvalue weighted by Gasteiger charge is 2.07. The first-order chi connectivity index (χ1) is 9.26. The van der Waals surface area contributed by atoms with Gasteiger partial charge in [-0.15, -0.1) is 0 Å². The molecule has 1 N–H and O–H groups in total. The zero-order valence-corrected chi connectivity index (χ0v) is 11.0. The van der Waals surface area contributed by atoms with Gasteiger partial charge in [-0.05, 0) is 24.6 Å². The lowest BCUT2D eigenvalue weighted by molar-refractivity contribution is -0.121. The summed E-state index contributed by atoms with van der Waals surface area (Å²) in [7, 11) is 0. The van der Waals surface area contributed by atoms with Gasteiger partial charge in [0.25, 0.3) is 0 Å². The molecule has 1 amide bonds. The quantitative estimate of drug-likeness (QED) is 0.834. The largest absolute Gasteiger partial charge is 0.355 e. The van der Waals surface area contributed by atoms with Gasteiger partial charge in [-0.25, -0.2) is 0 Å². The van der Waals surface area contributed by atoms with E-state index in [2.05, 4.69) is 18.3 Å². The minimum atomic E-state index is 0.00770. The van der Waals surface area contributed by atoms with Crippen LogP contribution < -0.4 is 5.32 Å². The summed E-state index contributed by atoms with van der Waals surface area (Å²) in [4.78, 5) is 11.8. The topological polar surface area (TPSA) is 57.8 Å². The summed E-state index contributed by atoms with van der Waals surface area (Å²) in [6.07, 6.45) is 3.92. The van der Waals surface area contributed by atoms with E-state index in [4.69, 9.17) is 5.26 Å². The van der Waals surface area contributed by atoms with Crippen molar-refractivity contribution in [1.29, 1.82) is 5.26 Å². The molecule has 4 nitrogen and oxygen atoms in total. The van der Waals surface area contributed by atoms with Crippen molar-refractivity contribution in [1.82, 2.24) is 9.88 Å². The Bertz CT molecular complexity index is 622. The maximum Gasteiger partial charge on any atom is 0.239 e. The fourth-order valence-corrected chi connectivity index (χ4v) is 2.07. The van der Waals surface area contributed by atoms with Gasteiger partial charge in [0.2, 0.25) is 5.91 Å². The molecule has 0 spiro atoms. The van der Waals surface area contributed by atoms with Crippen LogP contribution in [0.5, 0.6) is 0 Å². The minimum Gasteiger partial charge on any atom is -0.355 e. The highest BCUT2D eigenvalue weighted by atomic mass is 16.1. The molecule has 0 aliphatic rings. The second-order valence-electron chi connectivity index (χ2n) is 4.50. The van der Waals surface area contributed by atoms with Crippen molar-refractivity contribution < 1.29 is 4.79 Å². The molecule has 4 heteroatoms. The summed E-state index contributed by atoms with van der Waals surface area (Å²) < 4.78 is 1.87. The monoisotopic (exact) mass is 255 g/mol. The van der Waals surface area contributed by atoms with Crippen LogP contribution in [-0.2, 0) is 11.3 Å². The number of rotatable bonds is 5. The molecular weight excluding hydrogens is 238 g/mol. The number of hydrogen-bond acceptors (Lipinski definition) is 2. The highest BCUT2D eigenvalue weighted by molar-refractivity contribution is 5.87. The Hall–Kier alpha value is -2.28. The standard InChI is InChI=1S/C15H17N3O/c1-2-3-8-17-15(19)11-18-9-7-13-12(10-16)5-4-6-14(13)18/h4-7,9H,2-3,8,11H2,1H3,(H,17,19). The first-order valence-corrected chi connectivity index (χ1v) is 6.51. The van der Waals surface area contributed by atoms with E-state index in [0.29, 0.717) is 12.1 Å². The first-order valence-electron chi connectivity index (χ1n) is 6.51. The van der Waals surface area contributed by atoms with Crippen LogP contribution in [0, 0.1) is 11.3 Å². The molecule has 19 heavy (non-hydrogen) atoms. The van der Waals surface area contributed by atoms with Crippen LogP contribution in [0.15, 0.2) is 30.5 Å². The maximum atomic E-state index is 11.8. The fourth-order valence-electron chi connectivity index (χ4n) is 2.07. The highest BCUT2D eigenvalue weighted by Crippen LogP contribution is 2.19. The lowest BCUT2D eigenvalue weighted by atomic mass is 10.1. The summed E-state index contributed by atoms with van der Waals surface area (Å²) >= 11 is 0. The van der Waals surface area contributed by atoms with E-state index in [-0.39, 0.29) is 5.91 Å². The van der Waals surface area contributed by atoms with Gasteiger partial charge in [0.1, 0.15) is 6.54 Å². The molecule has 0 aliphatic carbocycles. The van der Waals surface area contributed by atoms with E-state index in [1.54, 1.807) is 6.07 Å². The van der Waals surface area contributed by atoms with Gasteiger partial charge < -0.3 is 9.88 Å². The van der Waals surface area contributed by atoms with Crippen LogP contribution in [0.3, 0.4) is 0 Å². The minimum absolute atomic E-state index is 0.00770. The third-order valence-electron chi connectivity index (χ3n) is 3.10. The predicted molar refractivity (Wildman–Crippen MR) is 74.6 cm³/mol.